The molecule has 0 heterocycles. The molecule has 0 amide bonds. The highest BCUT2D eigenvalue weighted by Gasteiger charge is 2.23. The van der Waals surface area contributed by atoms with E-state index in [9.17, 15) is 9.65 Å². The number of benzene rings is 1. The Morgan fingerprint density at radius 3 is 2.68 bits per heavy atom. The molecule has 0 radical (unpaired) electrons. The number of nitrogens with one attached hydrogen (secondary N) is 1. The van der Waals surface area contributed by atoms with Crippen LogP contribution in [0.2, 0.25) is 0 Å². The molecule has 0 spiro atoms. The Bertz CT molecular complexity index is 442. The molecule has 3 nitrogen and oxygen atoms in total. The number of hydrogen-bond donors (Lipinski definition) is 1. The third-order valence-corrected chi connectivity index (χ3v) is 2.77. The molecule has 1 aromatic carbocycles. The molecule has 19 heavy (non-hydrogen) atoms. The lowest BCUT2D eigenvalue weighted by molar-refractivity contribution is 0.270. The van der Waals surface area contributed by atoms with Gasteiger partial charge in [-0.05, 0) is 45.7 Å². The number of rotatable bonds is 7. The number of hydrogen-bond acceptors (Lipinski definition) is 3. The SMILES string of the molecule is CC(C)NC(C)(C#N)CCCOc1ccccc1F. The Kier molecular flexibility index (Phi) is 5.78. The maximum absolute atomic E-state index is 13.3. The van der Waals surface area contributed by atoms with E-state index in [0.29, 0.717) is 19.4 Å². The Hall–Kier alpha value is -1.60. The van der Waals surface area contributed by atoms with Gasteiger partial charge in [-0.3, -0.25) is 5.32 Å². The summed E-state index contributed by atoms with van der Waals surface area (Å²) in [5, 5.41) is 12.4. The van der Waals surface area contributed by atoms with E-state index in [2.05, 4.69) is 11.4 Å². The minimum absolute atomic E-state index is 0.247. The van der Waals surface area contributed by atoms with Crippen LogP contribution in [0, 0.1) is 17.1 Å². The first-order chi connectivity index (χ1) is 8.97. The maximum Gasteiger partial charge on any atom is 0.165 e. The summed E-state index contributed by atoms with van der Waals surface area (Å²) in [6.45, 7) is 6.28. The Labute approximate surface area is 114 Å². The standard InChI is InChI=1S/C15H21FN2O/c1-12(2)18-15(3,11-17)9-6-10-19-14-8-5-4-7-13(14)16/h4-5,7-8,12,18H,6,9-10H2,1-3H3. The van der Waals surface area contributed by atoms with Gasteiger partial charge in [0.15, 0.2) is 11.6 Å². The normalized spacial score (nSPS) is 13.9. The van der Waals surface area contributed by atoms with Gasteiger partial charge in [0.2, 0.25) is 0 Å². The summed E-state index contributed by atoms with van der Waals surface area (Å²) in [5.41, 5.74) is -0.563. The molecule has 1 N–H and O–H groups in total. The van der Waals surface area contributed by atoms with Crippen molar-refractivity contribution in [2.45, 2.75) is 45.2 Å². The van der Waals surface area contributed by atoms with E-state index in [-0.39, 0.29) is 17.6 Å². The van der Waals surface area contributed by atoms with Crippen LogP contribution in [0.1, 0.15) is 33.6 Å². The fourth-order valence-electron chi connectivity index (χ4n) is 1.97. The summed E-state index contributed by atoms with van der Waals surface area (Å²) in [6, 6.07) is 8.86. The summed E-state index contributed by atoms with van der Waals surface area (Å²) in [5.74, 6) is -0.0937. The first-order valence-electron chi connectivity index (χ1n) is 6.53. The fraction of sp³-hybridized carbons (Fsp3) is 0.533. The smallest absolute Gasteiger partial charge is 0.165 e. The molecule has 1 aromatic rings. The van der Waals surface area contributed by atoms with Crippen LogP contribution in [0.15, 0.2) is 24.3 Å². The van der Waals surface area contributed by atoms with Crippen molar-refractivity contribution >= 4 is 0 Å². The molecule has 4 heteroatoms. The van der Waals surface area contributed by atoms with Crippen molar-refractivity contribution in [3.05, 3.63) is 30.1 Å². The van der Waals surface area contributed by atoms with Gasteiger partial charge in [-0.2, -0.15) is 5.26 Å². The van der Waals surface area contributed by atoms with Crippen molar-refractivity contribution in [2.75, 3.05) is 6.61 Å². The van der Waals surface area contributed by atoms with Crippen molar-refractivity contribution in [1.29, 1.82) is 5.26 Å². The quantitative estimate of drug-likeness (QED) is 0.769. The second kappa shape index (κ2) is 7.10. The lowest BCUT2D eigenvalue weighted by atomic mass is 9.97. The van der Waals surface area contributed by atoms with E-state index < -0.39 is 5.54 Å². The van der Waals surface area contributed by atoms with E-state index >= 15 is 0 Å². The Morgan fingerprint density at radius 2 is 2.11 bits per heavy atom. The van der Waals surface area contributed by atoms with Crippen molar-refractivity contribution in [3.8, 4) is 11.8 Å². The summed E-state index contributed by atoms with van der Waals surface area (Å²) in [6.07, 6.45) is 1.36. The number of para-hydroxylation sites is 1. The molecular formula is C15H21FN2O. The minimum Gasteiger partial charge on any atom is -0.491 e. The van der Waals surface area contributed by atoms with Gasteiger partial charge in [0, 0.05) is 6.04 Å². The van der Waals surface area contributed by atoms with E-state index in [0.717, 1.165) is 0 Å². The Balaban J connectivity index is 2.38. The molecule has 0 saturated carbocycles. The van der Waals surface area contributed by atoms with Crippen LogP contribution in [0.5, 0.6) is 5.75 Å². The largest absolute Gasteiger partial charge is 0.491 e. The molecule has 0 aromatic heterocycles. The van der Waals surface area contributed by atoms with E-state index in [1.54, 1.807) is 18.2 Å². The topological polar surface area (TPSA) is 45.0 Å². The highest BCUT2D eigenvalue weighted by atomic mass is 19.1. The molecule has 0 fully saturated rings. The van der Waals surface area contributed by atoms with Gasteiger partial charge in [0.05, 0.1) is 12.7 Å². The van der Waals surface area contributed by atoms with Crippen LogP contribution in [0.3, 0.4) is 0 Å². The first kappa shape index (κ1) is 15.5. The fourth-order valence-corrected chi connectivity index (χ4v) is 1.97. The average molecular weight is 264 g/mol. The molecule has 1 unspecified atom stereocenters. The molecule has 104 valence electrons. The van der Waals surface area contributed by atoms with Gasteiger partial charge in [0.1, 0.15) is 5.54 Å². The number of ether oxygens (including phenoxy) is 1. The van der Waals surface area contributed by atoms with E-state index in [4.69, 9.17) is 4.74 Å². The van der Waals surface area contributed by atoms with Gasteiger partial charge < -0.3 is 4.74 Å². The predicted molar refractivity (Wildman–Crippen MR) is 73.4 cm³/mol. The molecule has 0 bridgehead atoms. The third-order valence-electron chi connectivity index (χ3n) is 2.77. The molecule has 0 saturated heterocycles. The van der Waals surface area contributed by atoms with Gasteiger partial charge in [0.25, 0.3) is 0 Å². The maximum atomic E-state index is 13.3. The molecular weight excluding hydrogens is 243 g/mol. The predicted octanol–water partition coefficient (Wildman–Crippen LogP) is 3.26. The van der Waals surface area contributed by atoms with Gasteiger partial charge in [-0.15, -0.1) is 0 Å². The minimum atomic E-state index is -0.563. The second-order valence-corrected chi connectivity index (χ2v) is 5.13. The van der Waals surface area contributed by atoms with Crippen LogP contribution in [0.4, 0.5) is 4.39 Å². The monoisotopic (exact) mass is 264 g/mol. The zero-order valence-electron chi connectivity index (χ0n) is 11.7. The summed E-state index contributed by atoms with van der Waals surface area (Å²) >= 11 is 0. The van der Waals surface area contributed by atoms with E-state index in [1.165, 1.54) is 6.07 Å². The summed E-state index contributed by atoms with van der Waals surface area (Å²) < 4.78 is 18.7. The average Bonchev–Trinajstić information content (AvgIpc) is 2.36. The van der Waals surface area contributed by atoms with Crippen molar-refractivity contribution < 1.29 is 9.13 Å². The van der Waals surface area contributed by atoms with Gasteiger partial charge in [-0.25, -0.2) is 4.39 Å². The molecule has 1 rings (SSSR count). The van der Waals surface area contributed by atoms with Crippen LogP contribution in [0.25, 0.3) is 0 Å². The van der Waals surface area contributed by atoms with Gasteiger partial charge in [-0.1, -0.05) is 12.1 Å². The lowest BCUT2D eigenvalue weighted by Crippen LogP contribution is -2.45. The number of halogens is 1. The van der Waals surface area contributed by atoms with Crippen molar-refractivity contribution in [1.82, 2.24) is 5.32 Å². The molecule has 1 atom stereocenters. The summed E-state index contributed by atoms with van der Waals surface area (Å²) in [7, 11) is 0. The molecule has 0 aliphatic carbocycles. The number of nitriles is 1. The zero-order chi connectivity index (χ0) is 14.3. The second-order valence-electron chi connectivity index (χ2n) is 5.13. The van der Waals surface area contributed by atoms with Crippen LogP contribution in [-0.2, 0) is 0 Å². The number of nitrogens with zero attached hydrogens (tertiary/aromatic N) is 1. The highest BCUT2D eigenvalue weighted by Crippen LogP contribution is 2.17. The zero-order valence-corrected chi connectivity index (χ0v) is 11.7. The van der Waals surface area contributed by atoms with Crippen LogP contribution < -0.4 is 10.1 Å². The van der Waals surface area contributed by atoms with Crippen LogP contribution in [-0.4, -0.2) is 18.2 Å². The lowest BCUT2D eigenvalue weighted by Gasteiger charge is -2.25. The molecule has 0 aliphatic heterocycles. The van der Waals surface area contributed by atoms with Crippen LogP contribution >= 0.6 is 0 Å². The van der Waals surface area contributed by atoms with Crippen molar-refractivity contribution in [3.63, 3.8) is 0 Å². The molecule has 0 aliphatic rings. The Morgan fingerprint density at radius 1 is 1.42 bits per heavy atom. The highest BCUT2D eigenvalue weighted by molar-refractivity contribution is 5.23. The van der Waals surface area contributed by atoms with Crippen molar-refractivity contribution in [2.24, 2.45) is 0 Å². The van der Waals surface area contributed by atoms with E-state index in [1.807, 2.05) is 20.8 Å². The summed E-state index contributed by atoms with van der Waals surface area (Å²) in [4.78, 5) is 0. The first-order valence-corrected chi connectivity index (χ1v) is 6.53. The van der Waals surface area contributed by atoms with Gasteiger partial charge >= 0.3 is 0 Å². The third kappa shape index (κ3) is 5.27.